The van der Waals surface area contributed by atoms with Crippen molar-refractivity contribution >= 4 is 57.0 Å². The van der Waals surface area contributed by atoms with Gasteiger partial charge in [0.1, 0.15) is 5.58 Å². The molecule has 3 heterocycles. The third kappa shape index (κ3) is 8.05. The van der Waals surface area contributed by atoms with Crippen molar-refractivity contribution in [2.24, 2.45) is 5.92 Å². The molecule has 9 aromatic rings. The molecular formula is C51H49IrN3OSi-2. The van der Waals surface area contributed by atoms with E-state index in [4.69, 9.17) is 14.4 Å². The second-order valence-electron chi connectivity index (χ2n) is 17.3. The molecule has 6 heteroatoms. The number of nitrogens with zero attached hydrogens (tertiary/aromatic N) is 3. The number of hydrogen-bond donors (Lipinski definition) is 0. The summed E-state index contributed by atoms with van der Waals surface area (Å²) in [6.07, 6.45) is 3.25. The van der Waals surface area contributed by atoms with E-state index in [-0.39, 0.29) is 25.5 Å². The van der Waals surface area contributed by atoms with Crippen molar-refractivity contribution in [2.75, 3.05) is 0 Å². The first-order chi connectivity index (χ1) is 26.9. The molecule has 0 spiro atoms. The van der Waals surface area contributed by atoms with Crippen LogP contribution in [0.1, 0.15) is 45.7 Å². The maximum atomic E-state index is 6.33. The van der Waals surface area contributed by atoms with Gasteiger partial charge in [0.15, 0.2) is 0 Å². The fraction of sp³-hybridized carbons (Fsp3) is 0.216. The van der Waals surface area contributed by atoms with Crippen LogP contribution in [0.3, 0.4) is 0 Å². The Morgan fingerprint density at radius 2 is 1.49 bits per heavy atom. The van der Waals surface area contributed by atoms with Crippen molar-refractivity contribution < 1.29 is 24.5 Å². The van der Waals surface area contributed by atoms with Crippen molar-refractivity contribution in [1.82, 2.24) is 14.5 Å². The number of imidazole rings is 1. The number of para-hydroxylation sites is 3. The number of furan rings is 1. The molecule has 0 aliphatic carbocycles. The van der Waals surface area contributed by atoms with Gasteiger partial charge >= 0.3 is 0 Å². The van der Waals surface area contributed by atoms with Crippen molar-refractivity contribution in [1.29, 1.82) is 0 Å². The fourth-order valence-electron chi connectivity index (χ4n) is 7.68. The topological polar surface area (TPSA) is 43.9 Å². The van der Waals surface area contributed by atoms with E-state index in [1.54, 1.807) is 0 Å². The first kappa shape index (κ1) is 40.1. The molecule has 289 valence electrons. The summed E-state index contributed by atoms with van der Waals surface area (Å²) in [6, 6.07) is 50.9. The van der Waals surface area contributed by atoms with Gasteiger partial charge in [0, 0.05) is 42.8 Å². The molecule has 9 rings (SSSR count). The molecule has 0 saturated carbocycles. The Labute approximate surface area is 351 Å². The van der Waals surface area contributed by atoms with Crippen LogP contribution in [-0.2, 0) is 31.9 Å². The minimum absolute atomic E-state index is 0. The van der Waals surface area contributed by atoms with E-state index in [2.05, 4.69) is 174 Å². The number of hydrogen-bond acceptors (Lipinski definition) is 3. The molecule has 0 unspecified atom stereocenters. The van der Waals surface area contributed by atoms with Gasteiger partial charge in [-0.05, 0) is 58.3 Å². The van der Waals surface area contributed by atoms with Crippen LogP contribution in [0.4, 0.5) is 0 Å². The Bertz CT molecular complexity index is 2830. The summed E-state index contributed by atoms with van der Waals surface area (Å²) in [7, 11) is -1.38. The molecule has 0 fully saturated rings. The Morgan fingerprint density at radius 1 is 0.772 bits per heavy atom. The van der Waals surface area contributed by atoms with Crippen molar-refractivity contribution in [3.05, 3.63) is 157 Å². The monoisotopic (exact) mass is 940 g/mol. The van der Waals surface area contributed by atoms with E-state index in [1.165, 1.54) is 27.1 Å². The molecule has 0 aliphatic heterocycles. The van der Waals surface area contributed by atoms with E-state index in [0.29, 0.717) is 5.92 Å². The van der Waals surface area contributed by atoms with Gasteiger partial charge in [-0.15, -0.1) is 53.6 Å². The van der Waals surface area contributed by atoms with E-state index in [1.807, 2.05) is 30.3 Å². The minimum atomic E-state index is -1.38. The van der Waals surface area contributed by atoms with Gasteiger partial charge < -0.3 is 14.0 Å². The van der Waals surface area contributed by atoms with Gasteiger partial charge in [-0.3, -0.25) is 4.98 Å². The Morgan fingerprint density at radius 3 is 2.23 bits per heavy atom. The predicted molar refractivity (Wildman–Crippen MR) is 239 cm³/mol. The predicted octanol–water partition coefficient (Wildman–Crippen LogP) is 13.1. The van der Waals surface area contributed by atoms with Crippen LogP contribution in [0.15, 0.2) is 138 Å². The Balaban J connectivity index is 0.000000179. The van der Waals surface area contributed by atoms with Crippen LogP contribution in [0.25, 0.3) is 72.1 Å². The number of rotatable bonds is 6. The van der Waals surface area contributed by atoms with Crippen molar-refractivity contribution in [3.63, 3.8) is 0 Å². The first-order valence-electron chi connectivity index (χ1n) is 19.7. The Kier molecular flexibility index (Phi) is 11.3. The molecule has 3 aromatic heterocycles. The van der Waals surface area contributed by atoms with E-state index < -0.39 is 8.07 Å². The third-order valence-corrected chi connectivity index (χ3v) is 12.6. The zero-order valence-corrected chi connectivity index (χ0v) is 37.5. The number of fused-ring (bicyclic) bond motifs is 5. The summed E-state index contributed by atoms with van der Waals surface area (Å²) in [5.74, 6) is 1.48. The first-order valence-corrected chi connectivity index (χ1v) is 23.2. The van der Waals surface area contributed by atoms with Gasteiger partial charge in [-0.25, -0.2) is 0 Å². The maximum absolute atomic E-state index is 6.33. The Hall–Kier alpha value is -5.13. The van der Waals surface area contributed by atoms with Gasteiger partial charge in [0.25, 0.3) is 0 Å². The quantitative estimate of drug-likeness (QED) is 0.123. The number of benzene rings is 6. The standard InChI is InChI=1S/C29H17N2O.C22H32NSi.Ir/c1-2-11-20-19(9-1)10-7-17-25(20)31-26-16-5-4-15-24(26)30-29(31)23-14-8-13-22-21-12-3-6-18-27(21)32-28(22)23;1-16(2)13-18-14-20(23-15-21(18)24(6,7)8)17-9-11-19(12-10-17)22(3,4)5;/h1-13,15-18H;9,11-12,14-16H,13H2,1-8H3;/q2*-1;. The second-order valence-corrected chi connectivity index (χ2v) is 22.3. The normalized spacial score (nSPS) is 11.9. The van der Waals surface area contributed by atoms with Crippen LogP contribution in [-0.4, -0.2) is 22.6 Å². The molecule has 0 atom stereocenters. The molecule has 0 N–H and O–H groups in total. The summed E-state index contributed by atoms with van der Waals surface area (Å²) in [4.78, 5) is 9.84. The van der Waals surface area contributed by atoms with Gasteiger partial charge in [-0.1, -0.05) is 144 Å². The summed E-state index contributed by atoms with van der Waals surface area (Å²) >= 11 is 0. The minimum Gasteiger partial charge on any atom is -0.501 e. The van der Waals surface area contributed by atoms with Gasteiger partial charge in [0.05, 0.1) is 30.5 Å². The number of pyridine rings is 1. The fourth-order valence-corrected chi connectivity index (χ4v) is 9.27. The zero-order chi connectivity index (χ0) is 39.2. The molecule has 0 bridgehead atoms. The van der Waals surface area contributed by atoms with Crippen molar-refractivity contribution in [2.45, 2.75) is 66.1 Å². The smallest absolute Gasteiger partial charge is 0.120 e. The van der Waals surface area contributed by atoms with Gasteiger partial charge in [0.2, 0.25) is 0 Å². The molecule has 0 amide bonds. The number of aromatic nitrogens is 3. The molecule has 4 nitrogen and oxygen atoms in total. The average molecular weight is 940 g/mol. The average Bonchev–Trinajstić information content (AvgIpc) is 3.76. The largest absolute Gasteiger partial charge is 0.501 e. The molecule has 1 radical (unpaired) electrons. The molecule has 57 heavy (non-hydrogen) atoms. The van der Waals surface area contributed by atoms with Crippen LogP contribution >= 0.6 is 0 Å². The zero-order valence-electron chi connectivity index (χ0n) is 34.1. The van der Waals surface area contributed by atoms with E-state index in [9.17, 15) is 0 Å². The summed E-state index contributed by atoms with van der Waals surface area (Å²) < 4.78 is 8.56. The summed E-state index contributed by atoms with van der Waals surface area (Å²) in [5, 5.41) is 6.04. The van der Waals surface area contributed by atoms with Crippen LogP contribution in [0.5, 0.6) is 0 Å². The van der Waals surface area contributed by atoms with Crippen LogP contribution < -0.4 is 5.19 Å². The van der Waals surface area contributed by atoms with E-state index in [0.717, 1.165) is 67.7 Å². The SMILES string of the molecule is CC(C)Cc1cc(-c2[c-]cc(C(C)(C)C)cc2)ncc1[Si](C)(C)C.[Ir].[c-]1ccc2c(oc3ccccc32)c1-c1nc2ccccc2n1-c1cccc2ccccc12. The molecule has 0 aliphatic rings. The molecule has 6 aromatic carbocycles. The maximum Gasteiger partial charge on any atom is 0.120 e. The summed E-state index contributed by atoms with van der Waals surface area (Å²) in [5.41, 5.74) is 10.7. The van der Waals surface area contributed by atoms with E-state index >= 15 is 0 Å². The van der Waals surface area contributed by atoms with Crippen LogP contribution in [0, 0.1) is 18.1 Å². The van der Waals surface area contributed by atoms with Crippen LogP contribution in [0.2, 0.25) is 19.6 Å². The second kappa shape index (κ2) is 16.0. The molecular weight excluding hydrogens is 891 g/mol. The third-order valence-electron chi connectivity index (χ3n) is 10.5. The molecule has 0 saturated heterocycles. The van der Waals surface area contributed by atoms with Crippen molar-refractivity contribution in [3.8, 4) is 28.3 Å². The van der Waals surface area contributed by atoms with Gasteiger partial charge in [-0.2, -0.15) is 0 Å². The summed E-state index contributed by atoms with van der Waals surface area (Å²) in [6.45, 7) is 18.5.